The van der Waals surface area contributed by atoms with Crippen LogP contribution < -0.4 is 5.32 Å². The lowest BCUT2D eigenvalue weighted by atomic mass is 10.1. The monoisotopic (exact) mass is 259 g/mol. The topological polar surface area (TPSA) is 12.0 Å². The van der Waals surface area contributed by atoms with Crippen molar-refractivity contribution >= 4 is 11.8 Å². The molecular weight excluding hydrogens is 226 g/mol. The quantitative estimate of drug-likeness (QED) is 0.447. The molecular formula is C15H33NS. The van der Waals surface area contributed by atoms with Crippen LogP contribution in [0.5, 0.6) is 0 Å². The third kappa shape index (κ3) is 16.3. The molecule has 1 N–H and O–H groups in total. The van der Waals surface area contributed by atoms with Gasteiger partial charge in [0.2, 0.25) is 0 Å². The molecule has 0 unspecified atom stereocenters. The highest BCUT2D eigenvalue weighted by atomic mass is 32.2. The first kappa shape index (κ1) is 17.3. The Bertz CT molecular complexity index is 114. The number of hydrogen-bond acceptors (Lipinski definition) is 2. The second kappa shape index (κ2) is 16.3. The van der Waals surface area contributed by atoms with Crippen LogP contribution in [-0.4, -0.2) is 25.1 Å². The molecule has 0 heterocycles. The molecule has 0 aromatic heterocycles. The summed E-state index contributed by atoms with van der Waals surface area (Å²) in [6.07, 6.45) is 14.5. The van der Waals surface area contributed by atoms with Crippen LogP contribution >= 0.6 is 11.8 Å². The first-order valence-corrected chi connectivity index (χ1v) is 8.79. The zero-order valence-corrected chi connectivity index (χ0v) is 12.9. The van der Waals surface area contributed by atoms with Crippen molar-refractivity contribution in [1.29, 1.82) is 0 Å². The number of hydrogen-bond donors (Lipinski definition) is 1. The van der Waals surface area contributed by atoms with Gasteiger partial charge in [-0.25, -0.2) is 0 Å². The Morgan fingerprint density at radius 1 is 0.706 bits per heavy atom. The van der Waals surface area contributed by atoms with Crippen molar-refractivity contribution in [1.82, 2.24) is 5.32 Å². The van der Waals surface area contributed by atoms with E-state index < -0.39 is 0 Å². The first-order valence-electron chi connectivity index (χ1n) is 7.64. The van der Waals surface area contributed by atoms with E-state index in [4.69, 9.17) is 0 Å². The maximum atomic E-state index is 3.19. The van der Waals surface area contributed by atoms with Gasteiger partial charge < -0.3 is 5.32 Å². The van der Waals surface area contributed by atoms with Gasteiger partial charge in [0.25, 0.3) is 0 Å². The fraction of sp³-hybridized carbons (Fsp3) is 1.00. The summed E-state index contributed by atoms with van der Waals surface area (Å²) in [5.74, 6) is 2.63. The van der Waals surface area contributed by atoms with Crippen LogP contribution in [0.4, 0.5) is 0 Å². The molecule has 0 saturated heterocycles. The fourth-order valence-electron chi connectivity index (χ4n) is 1.97. The van der Waals surface area contributed by atoms with Gasteiger partial charge in [0.1, 0.15) is 0 Å². The van der Waals surface area contributed by atoms with Gasteiger partial charge in [0.05, 0.1) is 0 Å². The molecule has 0 rings (SSSR count). The molecule has 0 spiro atoms. The molecule has 0 aromatic rings. The van der Waals surface area contributed by atoms with E-state index in [-0.39, 0.29) is 0 Å². The second-order valence-corrected chi connectivity index (χ2v) is 6.12. The summed E-state index contributed by atoms with van der Waals surface area (Å²) < 4.78 is 0. The number of nitrogens with one attached hydrogen (secondary N) is 1. The Hall–Kier alpha value is 0.310. The minimum absolute atomic E-state index is 1.16. The van der Waals surface area contributed by atoms with Crippen molar-refractivity contribution in [3.05, 3.63) is 0 Å². The summed E-state index contributed by atoms with van der Waals surface area (Å²) in [5, 5.41) is 3.19. The third-order valence-corrected chi connectivity index (χ3v) is 4.21. The number of unbranched alkanes of at least 4 members (excludes halogenated alkanes) is 9. The highest BCUT2D eigenvalue weighted by Crippen LogP contribution is 2.12. The van der Waals surface area contributed by atoms with E-state index in [0.29, 0.717) is 0 Å². The van der Waals surface area contributed by atoms with E-state index >= 15 is 0 Å². The minimum atomic E-state index is 1.16. The lowest BCUT2D eigenvalue weighted by molar-refractivity contribution is 0.563. The summed E-state index contributed by atoms with van der Waals surface area (Å²) in [7, 11) is 2.03. The predicted molar refractivity (Wildman–Crippen MR) is 83.1 cm³/mol. The van der Waals surface area contributed by atoms with E-state index in [1.807, 2.05) is 7.05 Å². The van der Waals surface area contributed by atoms with Crippen molar-refractivity contribution in [2.75, 3.05) is 25.1 Å². The SMILES string of the molecule is CCCCCCCCCCCCSCCNC. The second-order valence-electron chi connectivity index (χ2n) is 4.90. The van der Waals surface area contributed by atoms with Crippen molar-refractivity contribution in [2.24, 2.45) is 0 Å². The summed E-state index contributed by atoms with van der Waals surface area (Å²) >= 11 is 2.09. The van der Waals surface area contributed by atoms with Crippen LogP contribution in [-0.2, 0) is 0 Å². The molecule has 0 radical (unpaired) electrons. The molecule has 0 aliphatic rings. The molecule has 0 aliphatic heterocycles. The van der Waals surface area contributed by atoms with Gasteiger partial charge in [-0.1, -0.05) is 64.7 Å². The van der Waals surface area contributed by atoms with E-state index in [0.717, 1.165) is 6.54 Å². The smallest absolute Gasteiger partial charge is 0.00579 e. The largest absolute Gasteiger partial charge is 0.319 e. The lowest BCUT2D eigenvalue weighted by Gasteiger charge is -2.02. The minimum Gasteiger partial charge on any atom is -0.319 e. The van der Waals surface area contributed by atoms with Crippen molar-refractivity contribution in [2.45, 2.75) is 71.1 Å². The molecule has 0 bridgehead atoms. The molecule has 2 heteroatoms. The normalized spacial score (nSPS) is 10.9. The Labute approximate surface area is 114 Å². The Kier molecular flexibility index (Phi) is 16.6. The Balaban J connectivity index is 2.85. The van der Waals surface area contributed by atoms with Crippen molar-refractivity contribution in [3.8, 4) is 0 Å². The fourth-order valence-corrected chi connectivity index (χ4v) is 2.93. The summed E-state index contributed by atoms with van der Waals surface area (Å²) in [6.45, 7) is 3.44. The zero-order chi connectivity index (χ0) is 12.6. The number of thioether (sulfide) groups is 1. The van der Waals surface area contributed by atoms with E-state index in [9.17, 15) is 0 Å². The van der Waals surface area contributed by atoms with Crippen LogP contribution in [0.3, 0.4) is 0 Å². The maximum Gasteiger partial charge on any atom is 0.00579 e. The van der Waals surface area contributed by atoms with Crippen LogP contribution in [0.25, 0.3) is 0 Å². The molecule has 17 heavy (non-hydrogen) atoms. The molecule has 0 amide bonds. The average molecular weight is 260 g/mol. The Morgan fingerprint density at radius 2 is 1.24 bits per heavy atom. The lowest BCUT2D eigenvalue weighted by Crippen LogP contribution is -2.09. The van der Waals surface area contributed by atoms with Crippen LogP contribution in [0, 0.1) is 0 Å². The van der Waals surface area contributed by atoms with E-state index in [1.54, 1.807) is 0 Å². The first-order chi connectivity index (χ1) is 8.41. The van der Waals surface area contributed by atoms with Crippen molar-refractivity contribution < 1.29 is 0 Å². The van der Waals surface area contributed by atoms with Gasteiger partial charge >= 0.3 is 0 Å². The highest BCUT2D eigenvalue weighted by Gasteiger charge is 1.93. The molecule has 0 atom stereocenters. The van der Waals surface area contributed by atoms with E-state index in [2.05, 4.69) is 24.0 Å². The molecule has 1 nitrogen and oxygen atoms in total. The van der Waals surface area contributed by atoms with Gasteiger partial charge in [-0.05, 0) is 19.2 Å². The molecule has 0 aliphatic carbocycles. The average Bonchev–Trinajstić information content (AvgIpc) is 2.35. The summed E-state index contributed by atoms with van der Waals surface area (Å²) in [5.41, 5.74) is 0. The van der Waals surface area contributed by atoms with E-state index in [1.165, 1.54) is 75.7 Å². The van der Waals surface area contributed by atoms with Gasteiger partial charge in [-0.3, -0.25) is 0 Å². The molecule has 0 aromatic carbocycles. The van der Waals surface area contributed by atoms with Crippen molar-refractivity contribution in [3.63, 3.8) is 0 Å². The number of rotatable bonds is 14. The third-order valence-electron chi connectivity index (χ3n) is 3.14. The van der Waals surface area contributed by atoms with Gasteiger partial charge in [0, 0.05) is 12.3 Å². The summed E-state index contributed by atoms with van der Waals surface area (Å²) in [6, 6.07) is 0. The van der Waals surface area contributed by atoms with Crippen LogP contribution in [0.15, 0.2) is 0 Å². The maximum absolute atomic E-state index is 3.19. The van der Waals surface area contributed by atoms with Gasteiger partial charge in [-0.2, -0.15) is 11.8 Å². The molecule has 0 fully saturated rings. The highest BCUT2D eigenvalue weighted by molar-refractivity contribution is 7.99. The van der Waals surface area contributed by atoms with Gasteiger partial charge in [-0.15, -0.1) is 0 Å². The molecule has 104 valence electrons. The standard InChI is InChI=1S/C15H33NS/c1-3-4-5-6-7-8-9-10-11-12-14-17-15-13-16-2/h16H,3-15H2,1-2H3. The zero-order valence-electron chi connectivity index (χ0n) is 12.1. The predicted octanol–water partition coefficient (Wildman–Crippen LogP) is 4.86. The Morgan fingerprint density at radius 3 is 1.76 bits per heavy atom. The summed E-state index contributed by atoms with van der Waals surface area (Å²) in [4.78, 5) is 0. The molecule has 0 saturated carbocycles. The van der Waals surface area contributed by atoms with Gasteiger partial charge in [0.15, 0.2) is 0 Å². The van der Waals surface area contributed by atoms with Crippen LogP contribution in [0.1, 0.15) is 71.1 Å². The van der Waals surface area contributed by atoms with Crippen LogP contribution in [0.2, 0.25) is 0 Å².